The number of fused-ring (bicyclic) bond motifs is 1. The first kappa shape index (κ1) is 32.6. The Morgan fingerprint density at radius 2 is 1.83 bits per heavy atom. The molecule has 4 atom stereocenters. The van der Waals surface area contributed by atoms with E-state index in [0.717, 1.165) is 4.88 Å². The van der Waals surface area contributed by atoms with Crippen LogP contribution >= 0.6 is 11.3 Å². The van der Waals surface area contributed by atoms with Crippen molar-refractivity contribution in [2.24, 2.45) is 17.6 Å². The number of benzene rings is 1. The molecule has 4 rings (SSSR count). The Labute approximate surface area is 250 Å². The summed E-state index contributed by atoms with van der Waals surface area (Å²) in [5.41, 5.74) is 6.56. The zero-order chi connectivity index (χ0) is 30.8. The molecule has 5 N–H and O–H groups in total. The SMILES string of the molecule is CC.CCOC(=O)c1ccc(OCCCC(=O)NCC(=O)N2C(C(=O)NCc3cc(C(=N)N)cs3)CC3C(C)C32)cc1. The van der Waals surface area contributed by atoms with Gasteiger partial charge >= 0.3 is 5.97 Å². The first-order valence-corrected chi connectivity index (χ1v) is 15.2. The second-order valence-corrected chi connectivity index (χ2v) is 11.0. The molecule has 1 aliphatic carbocycles. The smallest absolute Gasteiger partial charge is 0.338 e. The average Bonchev–Trinajstić information content (AvgIpc) is 3.34. The van der Waals surface area contributed by atoms with Crippen LogP contribution in [0.5, 0.6) is 5.75 Å². The number of nitrogens with zero attached hydrogens (tertiary/aromatic N) is 1. The van der Waals surface area contributed by atoms with Crippen LogP contribution in [0, 0.1) is 17.2 Å². The van der Waals surface area contributed by atoms with E-state index in [9.17, 15) is 19.2 Å². The average molecular weight is 600 g/mol. The first-order valence-electron chi connectivity index (χ1n) is 14.4. The monoisotopic (exact) mass is 599 g/mol. The number of thiophene rings is 1. The van der Waals surface area contributed by atoms with E-state index in [1.807, 2.05) is 13.8 Å². The normalized spacial score (nSPS) is 20.0. The highest BCUT2D eigenvalue weighted by molar-refractivity contribution is 7.10. The number of piperidine rings is 1. The lowest BCUT2D eigenvalue weighted by Gasteiger charge is -2.28. The van der Waals surface area contributed by atoms with Crippen molar-refractivity contribution in [3.63, 3.8) is 0 Å². The van der Waals surface area contributed by atoms with Gasteiger partial charge in [-0.3, -0.25) is 19.8 Å². The predicted molar refractivity (Wildman–Crippen MR) is 160 cm³/mol. The molecular formula is C30H41N5O6S. The van der Waals surface area contributed by atoms with Crippen molar-refractivity contribution in [2.75, 3.05) is 19.8 Å². The Bertz CT molecular complexity index is 1260. The van der Waals surface area contributed by atoms with Crippen LogP contribution in [-0.2, 0) is 25.7 Å². The minimum absolute atomic E-state index is 0.0212. The van der Waals surface area contributed by atoms with Gasteiger partial charge in [0, 0.05) is 28.3 Å². The Morgan fingerprint density at radius 1 is 1.12 bits per heavy atom. The van der Waals surface area contributed by atoms with Gasteiger partial charge in [-0.1, -0.05) is 20.8 Å². The second-order valence-electron chi connectivity index (χ2n) is 9.97. The first-order chi connectivity index (χ1) is 20.2. The number of hydrogen-bond acceptors (Lipinski definition) is 8. The van der Waals surface area contributed by atoms with Crippen molar-refractivity contribution in [1.29, 1.82) is 5.41 Å². The molecule has 1 aliphatic heterocycles. The molecule has 3 amide bonds. The molecule has 1 aromatic heterocycles. The van der Waals surface area contributed by atoms with Gasteiger partial charge < -0.3 is 30.7 Å². The van der Waals surface area contributed by atoms with E-state index in [4.69, 9.17) is 20.6 Å². The van der Waals surface area contributed by atoms with Gasteiger partial charge in [0.1, 0.15) is 17.6 Å². The number of nitrogen functional groups attached to an aromatic ring is 1. The van der Waals surface area contributed by atoms with E-state index in [2.05, 4.69) is 17.6 Å². The van der Waals surface area contributed by atoms with Gasteiger partial charge in [0.25, 0.3) is 0 Å². The highest BCUT2D eigenvalue weighted by Crippen LogP contribution is 2.53. The summed E-state index contributed by atoms with van der Waals surface area (Å²) >= 11 is 1.41. The second kappa shape index (κ2) is 15.3. The predicted octanol–water partition coefficient (Wildman–Crippen LogP) is 3.06. The maximum atomic E-state index is 13.1. The van der Waals surface area contributed by atoms with E-state index in [1.54, 1.807) is 47.5 Å². The number of hydrogen-bond donors (Lipinski definition) is 4. The molecule has 0 radical (unpaired) electrons. The molecule has 1 saturated heterocycles. The number of carbonyl (C=O) groups excluding carboxylic acids is 4. The molecule has 0 spiro atoms. The third-order valence-electron chi connectivity index (χ3n) is 7.28. The minimum atomic E-state index is -0.563. The zero-order valence-electron chi connectivity index (χ0n) is 24.6. The van der Waals surface area contributed by atoms with Gasteiger partial charge in [-0.2, -0.15) is 0 Å². The van der Waals surface area contributed by atoms with E-state index in [-0.39, 0.29) is 42.6 Å². The van der Waals surface area contributed by atoms with Crippen molar-refractivity contribution in [3.05, 3.63) is 51.7 Å². The fourth-order valence-electron chi connectivity index (χ4n) is 5.07. The van der Waals surface area contributed by atoms with Crippen LogP contribution in [0.4, 0.5) is 0 Å². The summed E-state index contributed by atoms with van der Waals surface area (Å²) in [6, 6.07) is 7.81. The molecule has 42 heavy (non-hydrogen) atoms. The van der Waals surface area contributed by atoms with E-state index >= 15 is 0 Å². The maximum Gasteiger partial charge on any atom is 0.338 e. The van der Waals surface area contributed by atoms with E-state index < -0.39 is 12.0 Å². The molecule has 2 aromatic rings. The van der Waals surface area contributed by atoms with Crippen molar-refractivity contribution in [3.8, 4) is 5.75 Å². The van der Waals surface area contributed by atoms with Crippen LogP contribution in [-0.4, -0.2) is 66.3 Å². The summed E-state index contributed by atoms with van der Waals surface area (Å²) in [4.78, 5) is 52.6. The molecule has 1 aromatic carbocycles. The summed E-state index contributed by atoms with van der Waals surface area (Å²) in [7, 11) is 0. The number of ether oxygens (including phenoxy) is 2. The molecule has 4 unspecified atom stereocenters. The highest BCUT2D eigenvalue weighted by Gasteiger charge is 2.61. The number of esters is 1. The number of nitrogens with one attached hydrogen (secondary N) is 3. The Morgan fingerprint density at radius 3 is 2.48 bits per heavy atom. The lowest BCUT2D eigenvalue weighted by atomic mass is 10.1. The number of amides is 3. The molecule has 2 aliphatic rings. The fraction of sp³-hybridized carbons (Fsp3) is 0.500. The standard InChI is InChI=1S/C28H35N5O6S.C2H6/c1-3-38-28(37)17-6-8-19(9-7-17)39-10-4-5-23(34)31-14-24(35)33-22(12-21-16(2)25(21)33)27(36)32-13-20-11-18(15-40-20)26(29)30;1-2/h6-9,11,15-16,21-22,25H,3-5,10,12-14H2,1-2H3,(H3,29,30)(H,31,34)(H,32,36);1-2H3. The molecule has 228 valence electrons. The summed E-state index contributed by atoms with van der Waals surface area (Å²) in [5, 5.41) is 14.9. The van der Waals surface area contributed by atoms with Gasteiger partial charge in [-0.15, -0.1) is 11.3 Å². The fourth-order valence-corrected chi connectivity index (χ4v) is 5.90. The molecule has 0 bridgehead atoms. The lowest BCUT2D eigenvalue weighted by molar-refractivity contribution is -0.140. The Hall–Kier alpha value is -3.93. The number of amidine groups is 1. The number of likely N-dealkylation sites (tertiary alicyclic amines) is 1. The molecule has 2 heterocycles. The number of rotatable bonds is 13. The summed E-state index contributed by atoms with van der Waals surface area (Å²) < 4.78 is 10.6. The van der Waals surface area contributed by atoms with Gasteiger partial charge in [0.05, 0.1) is 31.9 Å². The lowest BCUT2D eigenvalue weighted by Crippen LogP contribution is -2.51. The van der Waals surface area contributed by atoms with Gasteiger partial charge in [0.2, 0.25) is 17.7 Å². The van der Waals surface area contributed by atoms with Crippen molar-refractivity contribution < 1.29 is 28.7 Å². The van der Waals surface area contributed by atoms with Crippen LogP contribution < -0.4 is 21.1 Å². The van der Waals surface area contributed by atoms with Crippen LogP contribution in [0.15, 0.2) is 35.7 Å². The quantitative estimate of drug-likeness (QED) is 0.119. The van der Waals surface area contributed by atoms with Crippen LogP contribution in [0.25, 0.3) is 0 Å². The van der Waals surface area contributed by atoms with Crippen LogP contribution in [0.3, 0.4) is 0 Å². The van der Waals surface area contributed by atoms with Crippen molar-refractivity contribution in [2.45, 2.75) is 65.6 Å². The van der Waals surface area contributed by atoms with Crippen LogP contribution in [0.2, 0.25) is 0 Å². The van der Waals surface area contributed by atoms with Crippen molar-refractivity contribution >= 4 is 40.9 Å². The summed E-state index contributed by atoms with van der Waals surface area (Å²) in [6.45, 7) is 8.55. The highest BCUT2D eigenvalue weighted by atomic mass is 32.1. The molecule has 12 heteroatoms. The summed E-state index contributed by atoms with van der Waals surface area (Å²) in [6.07, 6.45) is 1.24. The molecule has 1 saturated carbocycles. The third-order valence-corrected chi connectivity index (χ3v) is 8.21. The van der Waals surface area contributed by atoms with Gasteiger partial charge in [-0.25, -0.2) is 4.79 Å². The largest absolute Gasteiger partial charge is 0.494 e. The topological polar surface area (TPSA) is 164 Å². The van der Waals surface area contributed by atoms with Crippen molar-refractivity contribution in [1.82, 2.24) is 15.5 Å². The van der Waals surface area contributed by atoms with Gasteiger partial charge in [-0.05, 0) is 61.9 Å². The third kappa shape index (κ3) is 8.31. The maximum absolute atomic E-state index is 13.1. The zero-order valence-corrected chi connectivity index (χ0v) is 25.4. The Balaban J connectivity index is 0.00000237. The molecule has 2 fully saturated rings. The van der Waals surface area contributed by atoms with Gasteiger partial charge in [0.15, 0.2) is 0 Å². The number of carbonyl (C=O) groups is 4. The Kier molecular flexibility index (Phi) is 11.9. The van der Waals surface area contributed by atoms with Crippen LogP contribution in [0.1, 0.15) is 67.8 Å². The van der Waals surface area contributed by atoms with E-state index in [0.29, 0.717) is 61.3 Å². The summed E-state index contributed by atoms with van der Waals surface area (Å²) in [5.74, 6) is 0.0420. The number of nitrogens with two attached hydrogens (primary N) is 1. The molecular weight excluding hydrogens is 558 g/mol. The minimum Gasteiger partial charge on any atom is -0.494 e. The van der Waals surface area contributed by atoms with E-state index in [1.165, 1.54) is 11.3 Å². The molecule has 11 nitrogen and oxygen atoms in total.